The number of benzene rings is 1. The molecule has 3 rings (SSSR count). The van der Waals surface area contributed by atoms with Gasteiger partial charge in [-0.1, -0.05) is 31.0 Å². The molecule has 4 heteroatoms. The molecule has 0 radical (unpaired) electrons. The first-order valence-electron chi connectivity index (χ1n) is 7.12. The monoisotopic (exact) mass is 269 g/mol. The summed E-state index contributed by atoms with van der Waals surface area (Å²) in [7, 11) is 0. The topological polar surface area (TPSA) is 61.0 Å². The van der Waals surface area contributed by atoms with Crippen LogP contribution in [0.5, 0.6) is 5.75 Å². The molecular weight excluding hydrogens is 250 g/mol. The number of aromatic nitrogens is 2. The lowest BCUT2D eigenvalue weighted by molar-refractivity contribution is 0.295. The average molecular weight is 269 g/mol. The Morgan fingerprint density at radius 3 is 2.60 bits per heavy atom. The van der Waals surface area contributed by atoms with E-state index in [1.807, 2.05) is 36.4 Å². The van der Waals surface area contributed by atoms with Crippen molar-refractivity contribution < 1.29 is 4.74 Å². The van der Waals surface area contributed by atoms with Gasteiger partial charge in [-0.15, -0.1) is 0 Å². The van der Waals surface area contributed by atoms with Crippen LogP contribution in [0.3, 0.4) is 0 Å². The highest BCUT2D eigenvalue weighted by Crippen LogP contribution is 2.33. The molecule has 0 unspecified atom stereocenters. The van der Waals surface area contributed by atoms with E-state index in [1.54, 1.807) is 0 Å². The average Bonchev–Trinajstić information content (AvgIpc) is 3.00. The fourth-order valence-electron chi connectivity index (χ4n) is 2.70. The number of hydrogen-bond acceptors (Lipinski definition) is 4. The number of anilines is 1. The minimum atomic E-state index is 0.356. The van der Waals surface area contributed by atoms with Gasteiger partial charge in [-0.3, -0.25) is 0 Å². The largest absolute Gasteiger partial charge is 0.486 e. The van der Waals surface area contributed by atoms with Crippen molar-refractivity contribution in [3.8, 4) is 5.75 Å². The smallest absolute Gasteiger partial charge is 0.168 e. The Hall–Kier alpha value is -2.10. The lowest BCUT2D eigenvalue weighted by Gasteiger charge is -2.11. The molecule has 1 heterocycles. The van der Waals surface area contributed by atoms with Crippen molar-refractivity contribution in [2.24, 2.45) is 0 Å². The highest BCUT2D eigenvalue weighted by atomic mass is 16.5. The third kappa shape index (κ3) is 3.07. The maximum atomic E-state index is 5.89. The van der Waals surface area contributed by atoms with Crippen LogP contribution in [0.1, 0.15) is 43.1 Å². The van der Waals surface area contributed by atoms with Gasteiger partial charge in [-0.25, -0.2) is 9.97 Å². The Kier molecular flexibility index (Phi) is 3.81. The molecule has 1 fully saturated rings. The van der Waals surface area contributed by atoms with Crippen LogP contribution in [0, 0.1) is 0 Å². The summed E-state index contributed by atoms with van der Waals surface area (Å²) in [5, 5.41) is 0. The first kappa shape index (κ1) is 12.9. The zero-order chi connectivity index (χ0) is 13.8. The first-order valence-corrected chi connectivity index (χ1v) is 7.12. The fourth-order valence-corrected chi connectivity index (χ4v) is 2.70. The van der Waals surface area contributed by atoms with Crippen molar-refractivity contribution in [1.29, 1.82) is 0 Å². The van der Waals surface area contributed by atoms with Gasteiger partial charge in [-0.05, 0) is 25.0 Å². The molecule has 20 heavy (non-hydrogen) atoms. The van der Waals surface area contributed by atoms with Gasteiger partial charge in [0.15, 0.2) is 5.82 Å². The molecule has 1 saturated carbocycles. The summed E-state index contributed by atoms with van der Waals surface area (Å²) in [6.07, 6.45) is 4.97. The molecule has 1 aliphatic carbocycles. The van der Waals surface area contributed by atoms with Crippen LogP contribution < -0.4 is 10.5 Å². The highest BCUT2D eigenvalue weighted by molar-refractivity contribution is 5.31. The van der Waals surface area contributed by atoms with Gasteiger partial charge < -0.3 is 10.5 Å². The SMILES string of the molecule is Nc1cc(C2CCCC2)nc(COc2ccccc2)n1. The predicted octanol–water partition coefficient (Wildman–Crippen LogP) is 3.30. The number of ether oxygens (including phenoxy) is 1. The maximum absolute atomic E-state index is 5.89. The van der Waals surface area contributed by atoms with E-state index in [4.69, 9.17) is 10.5 Å². The molecule has 0 atom stereocenters. The summed E-state index contributed by atoms with van der Waals surface area (Å²) in [5.74, 6) is 2.56. The van der Waals surface area contributed by atoms with E-state index in [0.717, 1.165) is 11.4 Å². The molecular formula is C16H19N3O. The lowest BCUT2D eigenvalue weighted by atomic mass is 10.0. The van der Waals surface area contributed by atoms with Gasteiger partial charge in [0, 0.05) is 17.7 Å². The van der Waals surface area contributed by atoms with E-state index in [-0.39, 0.29) is 0 Å². The number of hydrogen-bond donors (Lipinski definition) is 1. The van der Waals surface area contributed by atoms with Crippen LogP contribution in [0.25, 0.3) is 0 Å². The highest BCUT2D eigenvalue weighted by Gasteiger charge is 2.19. The molecule has 2 aromatic rings. The van der Waals surface area contributed by atoms with Gasteiger partial charge in [0.05, 0.1) is 0 Å². The van der Waals surface area contributed by atoms with Crippen molar-refractivity contribution in [1.82, 2.24) is 9.97 Å². The zero-order valence-corrected chi connectivity index (χ0v) is 11.5. The Bertz CT molecular complexity index is 565. The van der Waals surface area contributed by atoms with Crippen molar-refractivity contribution in [2.75, 3.05) is 5.73 Å². The second kappa shape index (κ2) is 5.90. The molecule has 0 amide bonds. The van der Waals surface area contributed by atoms with Crippen LogP contribution in [0.2, 0.25) is 0 Å². The Labute approximate surface area is 119 Å². The number of nitrogens with zero attached hydrogens (tertiary/aromatic N) is 2. The molecule has 0 spiro atoms. The summed E-state index contributed by atoms with van der Waals surface area (Å²) in [4.78, 5) is 8.88. The number of rotatable bonds is 4. The summed E-state index contributed by atoms with van der Waals surface area (Å²) >= 11 is 0. The van der Waals surface area contributed by atoms with Gasteiger partial charge >= 0.3 is 0 Å². The summed E-state index contributed by atoms with van der Waals surface area (Å²) in [6.45, 7) is 0.356. The minimum absolute atomic E-state index is 0.356. The van der Waals surface area contributed by atoms with Crippen LogP contribution in [0.15, 0.2) is 36.4 Å². The number of para-hydroxylation sites is 1. The third-order valence-corrected chi connectivity index (χ3v) is 3.70. The fraction of sp³-hybridized carbons (Fsp3) is 0.375. The molecule has 0 bridgehead atoms. The van der Waals surface area contributed by atoms with Crippen molar-refractivity contribution in [2.45, 2.75) is 38.2 Å². The molecule has 104 valence electrons. The van der Waals surface area contributed by atoms with E-state index in [0.29, 0.717) is 24.2 Å². The molecule has 2 N–H and O–H groups in total. The normalized spacial score (nSPS) is 15.4. The molecule has 1 aromatic carbocycles. The zero-order valence-electron chi connectivity index (χ0n) is 11.5. The Morgan fingerprint density at radius 2 is 1.85 bits per heavy atom. The number of nitrogen functional groups attached to an aromatic ring is 1. The van der Waals surface area contributed by atoms with Gasteiger partial charge in [0.1, 0.15) is 18.2 Å². The first-order chi connectivity index (χ1) is 9.81. The van der Waals surface area contributed by atoms with Crippen LogP contribution in [-0.4, -0.2) is 9.97 Å². The van der Waals surface area contributed by atoms with Gasteiger partial charge in [-0.2, -0.15) is 0 Å². The maximum Gasteiger partial charge on any atom is 0.168 e. The predicted molar refractivity (Wildman–Crippen MR) is 78.4 cm³/mol. The quantitative estimate of drug-likeness (QED) is 0.925. The van der Waals surface area contributed by atoms with E-state index in [9.17, 15) is 0 Å². The lowest BCUT2D eigenvalue weighted by Crippen LogP contribution is -2.08. The van der Waals surface area contributed by atoms with E-state index in [1.165, 1.54) is 25.7 Å². The summed E-state index contributed by atoms with van der Waals surface area (Å²) in [5.41, 5.74) is 6.96. The van der Waals surface area contributed by atoms with Crippen LogP contribution in [0.4, 0.5) is 5.82 Å². The molecule has 1 aliphatic rings. The van der Waals surface area contributed by atoms with E-state index < -0.39 is 0 Å². The summed E-state index contributed by atoms with van der Waals surface area (Å²) < 4.78 is 5.68. The van der Waals surface area contributed by atoms with Gasteiger partial charge in [0.25, 0.3) is 0 Å². The van der Waals surface area contributed by atoms with Crippen molar-refractivity contribution in [3.05, 3.63) is 47.9 Å². The van der Waals surface area contributed by atoms with Crippen molar-refractivity contribution >= 4 is 5.82 Å². The molecule has 0 aliphatic heterocycles. The molecule has 0 saturated heterocycles. The van der Waals surface area contributed by atoms with Crippen LogP contribution >= 0.6 is 0 Å². The van der Waals surface area contributed by atoms with Crippen LogP contribution in [-0.2, 0) is 6.61 Å². The second-order valence-corrected chi connectivity index (χ2v) is 5.22. The Morgan fingerprint density at radius 1 is 1.10 bits per heavy atom. The molecule has 1 aromatic heterocycles. The van der Waals surface area contributed by atoms with Gasteiger partial charge in [0.2, 0.25) is 0 Å². The second-order valence-electron chi connectivity index (χ2n) is 5.22. The van der Waals surface area contributed by atoms with Crippen molar-refractivity contribution in [3.63, 3.8) is 0 Å². The minimum Gasteiger partial charge on any atom is -0.486 e. The standard InChI is InChI=1S/C16H19N3O/c17-15-10-14(12-6-4-5-7-12)18-16(19-15)11-20-13-8-2-1-3-9-13/h1-3,8-10,12H,4-7,11H2,(H2,17,18,19). The summed E-state index contributed by atoms with van der Waals surface area (Å²) in [6, 6.07) is 11.6. The van der Waals surface area contributed by atoms with E-state index in [2.05, 4.69) is 9.97 Å². The number of nitrogens with two attached hydrogens (primary N) is 1. The van der Waals surface area contributed by atoms with E-state index >= 15 is 0 Å². The third-order valence-electron chi connectivity index (χ3n) is 3.70. The molecule has 4 nitrogen and oxygen atoms in total. The Balaban J connectivity index is 1.72.